The number of ether oxygens (including phenoxy) is 2. The van der Waals surface area contributed by atoms with Crippen molar-refractivity contribution in [2.45, 2.75) is 40.1 Å². The Labute approximate surface area is 204 Å². The Morgan fingerprint density at radius 3 is 2.20 bits per heavy atom. The summed E-state index contributed by atoms with van der Waals surface area (Å²) >= 11 is 0. The number of Topliss-reactive ketones (excluding diaryl/α,β-unsaturated/α-hetero) is 1. The van der Waals surface area contributed by atoms with Crippen LogP contribution in [-0.2, 0) is 22.7 Å². The van der Waals surface area contributed by atoms with E-state index in [1.807, 2.05) is 26.8 Å². The van der Waals surface area contributed by atoms with E-state index in [0.717, 1.165) is 59.6 Å². The molecule has 184 valence electrons. The number of nitrogens with zero attached hydrogens (tertiary/aromatic N) is 2. The quantitative estimate of drug-likeness (QED) is 0.500. The molecule has 1 saturated heterocycles. The summed E-state index contributed by atoms with van der Waals surface area (Å²) in [6.07, 6.45) is -0.661. The van der Waals surface area contributed by atoms with Crippen molar-refractivity contribution in [1.82, 2.24) is 9.80 Å². The summed E-state index contributed by atoms with van der Waals surface area (Å²) < 4.78 is 10.3. The standard InChI is InChI=1S/C27H30N2O6/c1-15-10-20-22(14-35-27(20)33)17(3)25(15)24(31)12-29-8-6-28(7-9-29)11-23(30)18-4-5-19-21(16(18)2)13-34-26(19)32/h4-5,10,23,30H,6-9,11-14H2,1-3H3/t23-/m1/s1. The number of ketones is 1. The van der Waals surface area contributed by atoms with Crippen molar-refractivity contribution in [3.05, 3.63) is 68.3 Å². The normalized spacial score (nSPS) is 18.7. The highest BCUT2D eigenvalue weighted by Gasteiger charge is 2.30. The van der Waals surface area contributed by atoms with Crippen LogP contribution in [0.3, 0.4) is 0 Å². The Kier molecular flexibility index (Phi) is 6.21. The highest BCUT2D eigenvalue weighted by atomic mass is 16.5. The molecule has 0 amide bonds. The smallest absolute Gasteiger partial charge is 0.338 e. The van der Waals surface area contributed by atoms with Crippen LogP contribution in [0.15, 0.2) is 18.2 Å². The first-order valence-corrected chi connectivity index (χ1v) is 12.0. The van der Waals surface area contributed by atoms with Gasteiger partial charge in [0, 0.05) is 49.4 Å². The average Bonchev–Trinajstić information content (AvgIpc) is 3.38. The third-order valence-corrected chi connectivity index (χ3v) is 7.58. The van der Waals surface area contributed by atoms with Gasteiger partial charge in [0.2, 0.25) is 0 Å². The number of aryl methyl sites for hydroxylation is 1. The molecule has 0 saturated carbocycles. The second-order valence-corrected chi connectivity index (χ2v) is 9.69. The van der Waals surface area contributed by atoms with Gasteiger partial charge in [-0.2, -0.15) is 0 Å². The maximum absolute atomic E-state index is 13.2. The summed E-state index contributed by atoms with van der Waals surface area (Å²) in [4.78, 5) is 41.2. The van der Waals surface area contributed by atoms with Crippen molar-refractivity contribution in [1.29, 1.82) is 0 Å². The van der Waals surface area contributed by atoms with Gasteiger partial charge >= 0.3 is 11.9 Å². The van der Waals surface area contributed by atoms with Crippen LogP contribution in [0.5, 0.6) is 0 Å². The van der Waals surface area contributed by atoms with E-state index in [1.165, 1.54) is 0 Å². The molecule has 8 nitrogen and oxygen atoms in total. The van der Waals surface area contributed by atoms with Gasteiger partial charge in [-0.3, -0.25) is 14.6 Å². The minimum absolute atomic E-state index is 0.0566. The van der Waals surface area contributed by atoms with E-state index in [1.54, 1.807) is 12.1 Å². The van der Waals surface area contributed by atoms with E-state index in [0.29, 0.717) is 29.8 Å². The van der Waals surface area contributed by atoms with E-state index in [2.05, 4.69) is 9.80 Å². The first-order valence-electron chi connectivity index (χ1n) is 12.0. The Morgan fingerprint density at radius 1 is 0.914 bits per heavy atom. The Balaban J connectivity index is 1.19. The van der Waals surface area contributed by atoms with Crippen molar-refractivity contribution in [2.75, 3.05) is 39.3 Å². The highest BCUT2D eigenvalue weighted by molar-refractivity contribution is 6.03. The highest BCUT2D eigenvalue weighted by Crippen LogP contribution is 2.30. The summed E-state index contributed by atoms with van der Waals surface area (Å²) in [6, 6.07) is 5.33. The molecule has 1 fully saturated rings. The summed E-state index contributed by atoms with van der Waals surface area (Å²) in [6.45, 7) is 9.96. The second-order valence-electron chi connectivity index (χ2n) is 9.69. The Morgan fingerprint density at radius 2 is 1.51 bits per heavy atom. The van der Waals surface area contributed by atoms with Crippen molar-refractivity contribution in [2.24, 2.45) is 0 Å². The molecule has 2 aromatic carbocycles. The molecule has 2 aromatic rings. The maximum atomic E-state index is 13.2. The largest absolute Gasteiger partial charge is 0.457 e. The molecular weight excluding hydrogens is 448 g/mol. The summed E-state index contributed by atoms with van der Waals surface area (Å²) in [7, 11) is 0. The third-order valence-electron chi connectivity index (χ3n) is 7.58. The minimum Gasteiger partial charge on any atom is -0.457 e. The van der Waals surface area contributed by atoms with Gasteiger partial charge < -0.3 is 14.6 Å². The minimum atomic E-state index is -0.661. The predicted octanol–water partition coefficient (Wildman–Crippen LogP) is 2.49. The lowest BCUT2D eigenvalue weighted by Crippen LogP contribution is -2.49. The van der Waals surface area contributed by atoms with Crippen LogP contribution >= 0.6 is 0 Å². The summed E-state index contributed by atoms with van der Waals surface area (Å²) in [5.74, 6) is -0.566. The van der Waals surface area contributed by atoms with Crippen molar-refractivity contribution >= 4 is 17.7 Å². The van der Waals surface area contributed by atoms with E-state index < -0.39 is 6.10 Å². The van der Waals surface area contributed by atoms with Gasteiger partial charge in [-0.1, -0.05) is 6.07 Å². The van der Waals surface area contributed by atoms with Gasteiger partial charge in [-0.05, 0) is 55.2 Å². The lowest BCUT2D eigenvalue weighted by Gasteiger charge is -2.35. The molecule has 3 heterocycles. The molecule has 0 bridgehead atoms. The number of carbonyl (C=O) groups excluding carboxylic acids is 3. The SMILES string of the molecule is Cc1cc2c(c(C)c1C(=O)CN1CCN(C[C@@H](O)c3ccc4c(c3C)COC4=O)CC1)COC2=O. The number of piperazine rings is 1. The van der Waals surface area contributed by atoms with E-state index >= 15 is 0 Å². The fourth-order valence-electron chi connectivity index (χ4n) is 5.52. The van der Waals surface area contributed by atoms with Gasteiger partial charge in [0.05, 0.1) is 23.8 Å². The van der Waals surface area contributed by atoms with Gasteiger partial charge in [-0.25, -0.2) is 9.59 Å². The molecule has 0 unspecified atom stereocenters. The van der Waals surface area contributed by atoms with Crippen molar-refractivity contribution < 1.29 is 29.0 Å². The number of β-amino-alcohol motifs (C(OH)–C–C–N with tert-alkyl or cyclic N) is 1. The van der Waals surface area contributed by atoms with Gasteiger partial charge in [0.25, 0.3) is 0 Å². The molecule has 0 aromatic heterocycles. The van der Waals surface area contributed by atoms with Crippen LogP contribution in [0.25, 0.3) is 0 Å². The number of aliphatic hydroxyl groups is 1. The third kappa shape index (κ3) is 4.26. The first kappa shape index (κ1) is 23.7. The molecule has 1 atom stereocenters. The maximum Gasteiger partial charge on any atom is 0.338 e. The number of hydrogen-bond donors (Lipinski definition) is 1. The molecule has 35 heavy (non-hydrogen) atoms. The monoisotopic (exact) mass is 478 g/mol. The number of rotatable bonds is 6. The fourth-order valence-corrected chi connectivity index (χ4v) is 5.52. The topological polar surface area (TPSA) is 96.4 Å². The van der Waals surface area contributed by atoms with Gasteiger partial charge in [0.1, 0.15) is 13.2 Å². The zero-order chi connectivity index (χ0) is 24.9. The molecular formula is C27H30N2O6. The molecule has 0 aliphatic carbocycles. The number of benzene rings is 2. The molecule has 1 N–H and O–H groups in total. The number of esters is 2. The van der Waals surface area contributed by atoms with Crippen LogP contribution < -0.4 is 0 Å². The van der Waals surface area contributed by atoms with Gasteiger partial charge in [0.15, 0.2) is 5.78 Å². The van der Waals surface area contributed by atoms with E-state index in [-0.39, 0.29) is 30.9 Å². The first-order chi connectivity index (χ1) is 16.7. The fraction of sp³-hybridized carbons (Fsp3) is 0.444. The average molecular weight is 479 g/mol. The summed E-state index contributed by atoms with van der Waals surface area (Å²) in [5, 5.41) is 10.9. The second kappa shape index (κ2) is 9.18. The van der Waals surface area contributed by atoms with Gasteiger partial charge in [-0.15, -0.1) is 0 Å². The van der Waals surface area contributed by atoms with Crippen LogP contribution in [0.2, 0.25) is 0 Å². The lowest BCUT2D eigenvalue weighted by molar-refractivity contribution is 0.0525. The molecule has 0 spiro atoms. The van der Waals surface area contributed by atoms with E-state index in [9.17, 15) is 19.5 Å². The Bertz CT molecular complexity index is 1230. The molecule has 5 rings (SSSR count). The van der Waals surface area contributed by atoms with Crippen LogP contribution in [0.1, 0.15) is 70.6 Å². The zero-order valence-corrected chi connectivity index (χ0v) is 20.3. The van der Waals surface area contributed by atoms with Crippen molar-refractivity contribution in [3.63, 3.8) is 0 Å². The Hall–Kier alpha value is -3.07. The molecule has 3 aliphatic rings. The number of carbonyl (C=O) groups is 3. The molecule has 8 heteroatoms. The number of hydrogen-bond acceptors (Lipinski definition) is 8. The van der Waals surface area contributed by atoms with Crippen LogP contribution in [-0.4, -0.2) is 71.9 Å². The molecule has 3 aliphatic heterocycles. The number of fused-ring (bicyclic) bond motifs is 2. The van der Waals surface area contributed by atoms with Crippen LogP contribution in [0.4, 0.5) is 0 Å². The zero-order valence-electron chi connectivity index (χ0n) is 20.3. The predicted molar refractivity (Wildman–Crippen MR) is 128 cm³/mol. The molecule has 0 radical (unpaired) electrons. The number of cyclic esters (lactones) is 2. The van der Waals surface area contributed by atoms with E-state index in [4.69, 9.17) is 9.47 Å². The number of aliphatic hydroxyl groups excluding tert-OH is 1. The van der Waals surface area contributed by atoms with Crippen LogP contribution in [0, 0.1) is 20.8 Å². The lowest BCUT2D eigenvalue weighted by atomic mass is 9.91. The van der Waals surface area contributed by atoms with Crippen molar-refractivity contribution in [3.8, 4) is 0 Å². The summed E-state index contributed by atoms with van der Waals surface area (Å²) in [5.41, 5.74) is 6.92.